The van der Waals surface area contributed by atoms with Gasteiger partial charge in [0.05, 0.1) is 6.61 Å². The maximum absolute atomic E-state index is 5.42. The Kier molecular flexibility index (Phi) is 7.01. The van der Waals surface area contributed by atoms with Crippen molar-refractivity contribution in [3.05, 3.63) is 0 Å². The second-order valence-electron chi connectivity index (χ2n) is 4.77. The molecule has 1 fully saturated rings. The standard InChI is InChI=1S/C13H28N2O/c1-4-15(9-10-16-5-2)11-13-12(3)7-6-8-14-13/h12-14H,4-11H2,1-3H3. The van der Waals surface area contributed by atoms with E-state index in [1.807, 2.05) is 0 Å². The highest BCUT2D eigenvalue weighted by molar-refractivity contribution is 4.81. The van der Waals surface area contributed by atoms with Gasteiger partial charge in [0, 0.05) is 25.7 Å². The van der Waals surface area contributed by atoms with Crippen LogP contribution in [-0.2, 0) is 4.74 Å². The summed E-state index contributed by atoms with van der Waals surface area (Å²) >= 11 is 0. The van der Waals surface area contributed by atoms with Crippen LogP contribution in [0.5, 0.6) is 0 Å². The van der Waals surface area contributed by atoms with Gasteiger partial charge in [-0.05, 0) is 38.8 Å². The highest BCUT2D eigenvalue weighted by Crippen LogP contribution is 2.16. The highest BCUT2D eigenvalue weighted by atomic mass is 16.5. The molecular weight excluding hydrogens is 200 g/mol. The number of rotatable bonds is 7. The van der Waals surface area contributed by atoms with Gasteiger partial charge in [0.25, 0.3) is 0 Å². The lowest BCUT2D eigenvalue weighted by Crippen LogP contribution is -2.48. The number of likely N-dealkylation sites (N-methyl/N-ethyl adjacent to an activating group) is 1. The molecule has 1 aliphatic rings. The van der Waals surface area contributed by atoms with Gasteiger partial charge >= 0.3 is 0 Å². The third-order valence-electron chi connectivity index (χ3n) is 3.59. The molecule has 1 heterocycles. The van der Waals surface area contributed by atoms with Crippen LogP contribution < -0.4 is 5.32 Å². The van der Waals surface area contributed by atoms with E-state index in [0.717, 1.165) is 32.2 Å². The molecule has 0 aromatic heterocycles. The predicted octanol–water partition coefficient (Wildman–Crippen LogP) is 1.73. The Bertz CT molecular complexity index is 175. The quantitative estimate of drug-likeness (QED) is 0.672. The molecule has 1 N–H and O–H groups in total. The molecule has 3 heteroatoms. The number of nitrogens with zero attached hydrogens (tertiary/aromatic N) is 1. The summed E-state index contributed by atoms with van der Waals surface area (Å²) in [7, 11) is 0. The fourth-order valence-electron chi connectivity index (χ4n) is 2.35. The van der Waals surface area contributed by atoms with E-state index in [2.05, 4.69) is 31.0 Å². The Balaban J connectivity index is 2.24. The Morgan fingerprint density at radius 2 is 2.19 bits per heavy atom. The first-order valence-corrected chi connectivity index (χ1v) is 6.81. The fraction of sp³-hybridized carbons (Fsp3) is 1.00. The first kappa shape index (κ1) is 13.9. The smallest absolute Gasteiger partial charge is 0.0593 e. The van der Waals surface area contributed by atoms with Gasteiger partial charge in [-0.15, -0.1) is 0 Å². The summed E-state index contributed by atoms with van der Waals surface area (Å²) in [5.74, 6) is 0.815. The molecule has 2 unspecified atom stereocenters. The summed E-state index contributed by atoms with van der Waals surface area (Å²) in [6, 6.07) is 0.676. The van der Waals surface area contributed by atoms with Crippen molar-refractivity contribution >= 4 is 0 Å². The van der Waals surface area contributed by atoms with E-state index in [1.54, 1.807) is 0 Å². The average molecular weight is 228 g/mol. The van der Waals surface area contributed by atoms with Crippen LogP contribution in [0.25, 0.3) is 0 Å². The normalized spacial score (nSPS) is 26.2. The maximum atomic E-state index is 5.42. The summed E-state index contributed by atoms with van der Waals surface area (Å²) in [6.45, 7) is 12.9. The summed E-state index contributed by atoms with van der Waals surface area (Å²) < 4.78 is 5.42. The van der Waals surface area contributed by atoms with Gasteiger partial charge in [-0.2, -0.15) is 0 Å². The van der Waals surface area contributed by atoms with E-state index in [0.29, 0.717) is 6.04 Å². The molecule has 0 radical (unpaired) electrons. The maximum Gasteiger partial charge on any atom is 0.0593 e. The van der Waals surface area contributed by atoms with Crippen molar-refractivity contribution in [2.24, 2.45) is 5.92 Å². The molecule has 0 bridgehead atoms. The van der Waals surface area contributed by atoms with Crippen molar-refractivity contribution in [2.45, 2.75) is 39.7 Å². The second-order valence-corrected chi connectivity index (χ2v) is 4.77. The van der Waals surface area contributed by atoms with Gasteiger partial charge < -0.3 is 10.1 Å². The van der Waals surface area contributed by atoms with Crippen molar-refractivity contribution < 1.29 is 4.74 Å². The van der Waals surface area contributed by atoms with Crippen LogP contribution in [0.1, 0.15) is 33.6 Å². The molecule has 2 atom stereocenters. The number of hydrogen-bond acceptors (Lipinski definition) is 3. The SMILES string of the molecule is CCOCCN(CC)CC1NCCCC1C. The third kappa shape index (κ3) is 4.81. The van der Waals surface area contributed by atoms with Crippen LogP contribution in [-0.4, -0.2) is 50.3 Å². The van der Waals surface area contributed by atoms with Gasteiger partial charge in [0.15, 0.2) is 0 Å². The molecule has 0 spiro atoms. The molecular formula is C13H28N2O. The minimum Gasteiger partial charge on any atom is -0.380 e. The van der Waals surface area contributed by atoms with E-state index in [4.69, 9.17) is 4.74 Å². The van der Waals surface area contributed by atoms with Crippen molar-refractivity contribution in [3.63, 3.8) is 0 Å². The molecule has 0 aromatic rings. The Morgan fingerprint density at radius 1 is 1.38 bits per heavy atom. The zero-order valence-corrected chi connectivity index (χ0v) is 11.2. The first-order valence-electron chi connectivity index (χ1n) is 6.81. The Morgan fingerprint density at radius 3 is 2.81 bits per heavy atom. The van der Waals surface area contributed by atoms with E-state index in [1.165, 1.54) is 25.9 Å². The van der Waals surface area contributed by atoms with Gasteiger partial charge in [0.1, 0.15) is 0 Å². The lowest BCUT2D eigenvalue weighted by Gasteiger charge is -2.34. The second kappa shape index (κ2) is 8.04. The molecule has 0 aromatic carbocycles. The minimum atomic E-state index is 0.676. The molecule has 1 rings (SSSR count). The van der Waals surface area contributed by atoms with Crippen molar-refractivity contribution in [1.82, 2.24) is 10.2 Å². The first-order chi connectivity index (χ1) is 7.77. The molecule has 3 nitrogen and oxygen atoms in total. The van der Waals surface area contributed by atoms with Crippen LogP contribution >= 0.6 is 0 Å². The number of piperidine rings is 1. The molecule has 0 aliphatic carbocycles. The topological polar surface area (TPSA) is 24.5 Å². The van der Waals surface area contributed by atoms with Gasteiger partial charge in [-0.1, -0.05) is 13.8 Å². The van der Waals surface area contributed by atoms with E-state index >= 15 is 0 Å². The van der Waals surface area contributed by atoms with Crippen molar-refractivity contribution in [3.8, 4) is 0 Å². The van der Waals surface area contributed by atoms with Crippen LogP contribution in [0.2, 0.25) is 0 Å². The molecule has 1 saturated heterocycles. The number of hydrogen-bond donors (Lipinski definition) is 1. The lowest BCUT2D eigenvalue weighted by atomic mass is 9.92. The van der Waals surface area contributed by atoms with Gasteiger partial charge in [0.2, 0.25) is 0 Å². The molecule has 96 valence electrons. The van der Waals surface area contributed by atoms with Crippen LogP contribution in [0.4, 0.5) is 0 Å². The average Bonchev–Trinajstić information content (AvgIpc) is 2.30. The van der Waals surface area contributed by atoms with E-state index in [-0.39, 0.29) is 0 Å². The Hall–Kier alpha value is -0.120. The summed E-state index contributed by atoms with van der Waals surface area (Å²) in [4.78, 5) is 2.50. The molecule has 16 heavy (non-hydrogen) atoms. The van der Waals surface area contributed by atoms with Crippen LogP contribution in [0.3, 0.4) is 0 Å². The fourth-order valence-corrected chi connectivity index (χ4v) is 2.35. The van der Waals surface area contributed by atoms with Crippen LogP contribution in [0, 0.1) is 5.92 Å². The van der Waals surface area contributed by atoms with Crippen LogP contribution in [0.15, 0.2) is 0 Å². The largest absolute Gasteiger partial charge is 0.380 e. The predicted molar refractivity (Wildman–Crippen MR) is 68.8 cm³/mol. The molecule has 0 saturated carbocycles. The van der Waals surface area contributed by atoms with Crippen molar-refractivity contribution in [2.75, 3.05) is 39.4 Å². The van der Waals surface area contributed by atoms with Crippen molar-refractivity contribution in [1.29, 1.82) is 0 Å². The minimum absolute atomic E-state index is 0.676. The molecule has 0 amide bonds. The third-order valence-corrected chi connectivity index (χ3v) is 3.59. The summed E-state index contributed by atoms with van der Waals surface area (Å²) in [5.41, 5.74) is 0. The summed E-state index contributed by atoms with van der Waals surface area (Å²) in [5, 5.41) is 3.64. The Labute approximate surface area is 101 Å². The van der Waals surface area contributed by atoms with Gasteiger partial charge in [-0.3, -0.25) is 4.90 Å². The van der Waals surface area contributed by atoms with Gasteiger partial charge in [-0.25, -0.2) is 0 Å². The molecule has 1 aliphatic heterocycles. The summed E-state index contributed by atoms with van der Waals surface area (Å²) in [6.07, 6.45) is 2.71. The van der Waals surface area contributed by atoms with E-state index in [9.17, 15) is 0 Å². The monoisotopic (exact) mass is 228 g/mol. The zero-order valence-electron chi connectivity index (χ0n) is 11.2. The highest BCUT2D eigenvalue weighted by Gasteiger charge is 2.22. The van der Waals surface area contributed by atoms with E-state index < -0.39 is 0 Å². The number of ether oxygens (including phenoxy) is 1. The lowest BCUT2D eigenvalue weighted by molar-refractivity contribution is 0.104. The zero-order chi connectivity index (χ0) is 11.8. The number of nitrogens with one attached hydrogen (secondary N) is 1.